The minimum atomic E-state index is 0.0572. The average molecular weight is 315 g/mol. The molecule has 1 rings (SSSR count). The van der Waals surface area contributed by atoms with Crippen LogP contribution in [-0.2, 0) is 4.74 Å². The molecule has 0 spiro atoms. The van der Waals surface area contributed by atoms with Crippen molar-refractivity contribution in [3.8, 4) is 0 Å². The van der Waals surface area contributed by atoms with Gasteiger partial charge in [0, 0.05) is 30.2 Å². The van der Waals surface area contributed by atoms with Gasteiger partial charge in [-0.25, -0.2) is 0 Å². The molecule has 0 aromatic heterocycles. The van der Waals surface area contributed by atoms with Crippen LogP contribution in [0.1, 0.15) is 32.4 Å². The SMILES string of the molecule is COCCN(c1ccc([C@H](C)N)cc1Br)C(C)C. The van der Waals surface area contributed by atoms with Gasteiger partial charge in [-0.1, -0.05) is 6.07 Å². The normalized spacial score (nSPS) is 12.8. The third-order valence-corrected chi connectivity index (χ3v) is 3.60. The summed E-state index contributed by atoms with van der Waals surface area (Å²) in [4.78, 5) is 2.32. The van der Waals surface area contributed by atoms with Crippen molar-refractivity contribution in [1.82, 2.24) is 0 Å². The Morgan fingerprint density at radius 2 is 2.00 bits per heavy atom. The lowest BCUT2D eigenvalue weighted by molar-refractivity contribution is 0.204. The van der Waals surface area contributed by atoms with Gasteiger partial charge in [0.15, 0.2) is 0 Å². The van der Waals surface area contributed by atoms with Gasteiger partial charge in [-0.05, 0) is 54.4 Å². The van der Waals surface area contributed by atoms with E-state index < -0.39 is 0 Å². The summed E-state index contributed by atoms with van der Waals surface area (Å²) in [5.41, 5.74) is 8.22. The first kappa shape index (κ1) is 15.5. The van der Waals surface area contributed by atoms with Crippen molar-refractivity contribution in [2.45, 2.75) is 32.9 Å². The van der Waals surface area contributed by atoms with E-state index in [0.717, 1.165) is 23.2 Å². The van der Waals surface area contributed by atoms with E-state index >= 15 is 0 Å². The van der Waals surface area contributed by atoms with Crippen LogP contribution in [0.4, 0.5) is 5.69 Å². The number of ether oxygens (including phenoxy) is 1. The van der Waals surface area contributed by atoms with Gasteiger partial charge < -0.3 is 15.4 Å². The molecular weight excluding hydrogens is 292 g/mol. The Hall–Kier alpha value is -0.580. The Morgan fingerprint density at radius 1 is 1.33 bits per heavy atom. The van der Waals surface area contributed by atoms with Gasteiger partial charge in [-0.2, -0.15) is 0 Å². The lowest BCUT2D eigenvalue weighted by atomic mass is 10.1. The third kappa shape index (κ3) is 3.97. The predicted molar refractivity (Wildman–Crippen MR) is 81.1 cm³/mol. The average Bonchev–Trinajstić information content (AvgIpc) is 2.30. The largest absolute Gasteiger partial charge is 0.383 e. The number of hydrogen-bond donors (Lipinski definition) is 1. The zero-order chi connectivity index (χ0) is 13.7. The van der Waals surface area contributed by atoms with Crippen LogP contribution < -0.4 is 10.6 Å². The molecule has 0 unspecified atom stereocenters. The Balaban J connectivity index is 2.98. The van der Waals surface area contributed by atoms with Crippen LogP contribution in [0.25, 0.3) is 0 Å². The summed E-state index contributed by atoms with van der Waals surface area (Å²) in [5, 5.41) is 0. The van der Waals surface area contributed by atoms with Crippen molar-refractivity contribution < 1.29 is 4.74 Å². The van der Waals surface area contributed by atoms with Gasteiger partial charge in [0.1, 0.15) is 0 Å². The monoisotopic (exact) mass is 314 g/mol. The molecule has 102 valence electrons. The van der Waals surface area contributed by atoms with Crippen LogP contribution in [0.2, 0.25) is 0 Å². The van der Waals surface area contributed by atoms with E-state index in [-0.39, 0.29) is 6.04 Å². The van der Waals surface area contributed by atoms with Crippen molar-refractivity contribution in [2.75, 3.05) is 25.2 Å². The van der Waals surface area contributed by atoms with Crippen molar-refractivity contribution in [3.05, 3.63) is 28.2 Å². The molecule has 0 radical (unpaired) electrons. The highest BCUT2D eigenvalue weighted by molar-refractivity contribution is 9.10. The molecule has 0 fully saturated rings. The number of rotatable bonds is 6. The Kier molecular flexibility index (Phi) is 6.12. The van der Waals surface area contributed by atoms with E-state index in [2.05, 4.69) is 52.9 Å². The van der Waals surface area contributed by atoms with Gasteiger partial charge >= 0.3 is 0 Å². The molecule has 3 nitrogen and oxygen atoms in total. The van der Waals surface area contributed by atoms with Crippen molar-refractivity contribution in [2.24, 2.45) is 5.73 Å². The Bertz CT molecular complexity index is 380. The molecule has 1 atom stereocenters. The number of halogens is 1. The highest BCUT2D eigenvalue weighted by Crippen LogP contribution is 2.30. The van der Waals surface area contributed by atoms with Crippen LogP contribution in [0, 0.1) is 0 Å². The second kappa shape index (κ2) is 7.12. The first-order chi connectivity index (χ1) is 8.47. The summed E-state index contributed by atoms with van der Waals surface area (Å²) < 4.78 is 6.25. The molecular formula is C14H23BrN2O. The van der Waals surface area contributed by atoms with Crippen LogP contribution in [0.3, 0.4) is 0 Å². The predicted octanol–water partition coefficient (Wildman–Crippen LogP) is 3.33. The van der Waals surface area contributed by atoms with Crippen LogP contribution in [0.5, 0.6) is 0 Å². The molecule has 2 N–H and O–H groups in total. The summed E-state index contributed by atoms with van der Waals surface area (Å²) in [6, 6.07) is 6.80. The summed E-state index contributed by atoms with van der Waals surface area (Å²) in [6.45, 7) is 7.96. The number of nitrogens with two attached hydrogens (primary N) is 1. The van der Waals surface area contributed by atoms with E-state index in [1.165, 1.54) is 5.69 Å². The van der Waals surface area contributed by atoms with Crippen molar-refractivity contribution in [1.29, 1.82) is 0 Å². The zero-order valence-corrected chi connectivity index (χ0v) is 13.2. The first-order valence-corrected chi connectivity index (χ1v) is 7.07. The van der Waals surface area contributed by atoms with Crippen LogP contribution in [-0.4, -0.2) is 26.3 Å². The smallest absolute Gasteiger partial charge is 0.0637 e. The van der Waals surface area contributed by atoms with Crippen molar-refractivity contribution >= 4 is 21.6 Å². The summed E-state index contributed by atoms with van der Waals surface area (Å²) in [5.74, 6) is 0. The van der Waals surface area contributed by atoms with Gasteiger partial charge in [0.25, 0.3) is 0 Å². The number of benzene rings is 1. The number of methoxy groups -OCH3 is 1. The van der Waals surface area contributed by atoms with Gasteiger partial charge in [-0.15, -0.1) is 0 Å². The van der Waals surface area contributed by atoms with E-state index in [1.807, 2.05) is 6.92 Å². The van der Waals surface area contributed by atoms with E-state index in [9.17, 15) is 0 Å². The molecule has 0 saturated carbocycles. The molecule has 0 saturated heterocycles. The maximum Gasteiger partial charge on any atom is 0.0637 e. The van der Waals surface area contributed by atoms with Gasteiger partial charge in [0.05, 0.1) is 12.3 Å². The van der Waals surface area contributed by atoms with E-state index in [1.54, 1.807) is 7.11 Å². The number of nitrogens with zero attached hydrogens (tertiary/aromatic N) is 1. The summed E-state index contributed by atoms with van der Waals surface area (Å²) in [7, 11) is 1.73. The van der Waals surface area contributed by atoms with E-state index in [0.29, 0.717) is 6.04 Å². The quantitative estimate of drug-likeness (QED) is 0.875. The number of hydrogen-bond acceptors (Lipinski definition) is 3. The fourth-order valence-electron chi connectivity index (χ4n) is 1.89. The third-order valence-electron chi connectivity index (χ3n) is 2.97. The lowest BCUT2D eigenvalue weighted by Gasteiger charge is -2.30. The molecule has 0 aliphatic heterocycles. The van der Waals surface area contributed by atoms with Gasteiger partial charge in [0.2, 0.25) is 0 Å². The first-order valence-electron chi connectivity index (χ1n) is 6.28. The summed E-state index contributed by atoms with van der Waals surface area (Å²) >= 11 is 3.64. The maximum absolute atomic E-state index is 5.89. The fraction of sp³-hybridized carbons (Fsp3) is 0.571. The molecule has 4 heteroatoms. The fourth-order valence-corrected chi connectivity index (χ4v) is 2.51. The molecule has 1 aromatic carbocycles. The van der Waals surface area contributed by atoms with E-state index in [4.69, 9.17) is 10.5 Å². The topological polar surface area (TPSA) is 38.5 Å². The highest BCUT2D eigenvalue weighted by atomic mass is 79.9. The Labute approximate surface area is 118 Å². The van der Waals surface area contributed by atoms with Gasteiger partial charge in [-0.3, -0.25) is 0 Å². The standard InChI is InChI=1S/C14H23BrN2O/c1-10(2)17(7-8-18-4)14-6-5-12(11(3)16)9-13(14)15/h5-6,9-11H,7-8,16H2,1-4H3/t11-/m0/s1. The molecule has 1 aromatic rings. The second-order valence-electron chi connectivity index (χ2n) is 4.78. The molecule has 0 bridgehead atoms. The summed E-state index contributed by atoms with van der Waals surface area (Å²) in [6.07, 6.45) is 0. The molecule has 18 heavy (non-hydrogen) atoms. The highest BCUT2D eigenvalue weighted by Gasteiger charge is 2.14. The minimum absolute atomic E-state index is 0.0572. The van der Waals surface area contributed by atoms with Crippen LogP contribution in [0.15, 0.2) is 22.7 Å². The van der Waals surface area contributed by atoms with Crippen molar-refractivity contribution in [3.63, 3.8) is 0 Å². The Morgan fingerprint density at radius 3 is 2.44 bits per heavy atom. The molecule has 0 heterocycles. The zero-order valence-electron chi connectivity index (χ0n) is 11.6. The molecule has 0 amide bonds. The second-order valence-corrected chi connectivity index (χ2v) is 5.63. The molecule has 0 aliphatic carbocycles. The minimum Gasteiger partial charge on any atom is -0.383 e. The molecule has 0 aliphatic rings. The van der Waals surface area contributed by atoms with Crippen LogP contribution >= 0.6 is 15.9 Å². The number of anilines is 1. The maximum atomic E-state index is 5.89. The lowest BCUT2D eigenvalue weighted by Crippen LogP contribution is -2.34.